The van der Waals surface area contributed by atoms with Crippen LogP contribution in [0.4, 0.5) is 19.0 Å². The molecule has 1 aliphatic carbocycles. The summed E-state index contributed by atoms with van der Waals surface area (Å²) in [5, 5.41) is 16.0. The average Bonchev–Trinajstić information content (AvgIpc) is 3.43. The third-order valence-electron chi connectivity index (χ3n) is 8.01. The number of rotatable bonds is 9. The number of carbonyl (C=O) groups excluding carboxylic acids is 1. The van der Waals surface area contributed by atoms with Crippen LogP contribution in [-0.4, -0.2) is 58.9 Å². The molecule has 6 rings (SSSR count). The van der Waals surface area contributed by atoms with E-state index in [0.29, 0.717) is 24.0 Å². The minimum atomic E-state index is -1.18. The van der Waals surface area contributed by atoms with E-state index in [9.17, 15) is 18.8 Å². The molecule has 9 nitrogen and oxygen atoms in total. The zero-order valence-electron chi connectivity index (χ0n) is 23.9. The molecule has 1 saturated heterocycles. The number of nitriles is 1. The van der Waals surface area contributed by atoms with E-state index in [0.717, 1.165) is 36.6 Å². The molecule has 1 aliphatic heterocycles. The number of nitrogen functional groups attached to an aromatic ring is 1. The van der Waals surface area contributed by atoms with E-state index in [1.165, 1.54) is 30.6 Å². The molecule has 1 amide bonds. The van der Waals surface area contributed by atoms with Gasteiger partial charge in [0.05, 0.1) is 0 Å². The first-order valence-corrected chi connectivity index (χ1v) is 16.8. The molecule has 3 heterocycles. The number of nitrogens with zero attached hydrogens (tertiary/aromatic N) is 6. The molecule has 2 atom stereocenters. The van der Waals surface area contributed by atoms with Gasteiger partial charge < -0.3 is 4.74 Å². The van der Waals surface area contributed by atoms with E-state index in [-0.39, 0.29) is 72.6 Å². The maximum atomic E-state index is 15.5. The Bertz CT molecular complexity index is 1830. The number of aromatic nitrogens is 4. The van der Waals surface area contributed by atoms with Crippen LogP contribution in [0.3, 0.4) is 0 Å². The molecular formula is C31H29AsF3N7O2. The number of carbonyl (C=O) groups is 1. The van der Waals surface area contributed by atoms with Crippen LogP contribution in [0.25, 0.3) is 22.3 Å². The fourth-order valence-corrected chi connectivity index (χ4v) is 8.71. The van der Waals surface area contributed by atoms with Gasteiger partial charge >= 0.3 is 187 Å². The first-order chi connectivity index (χ1) is 21.2. The Morgan fingerprint density at radius 1 is 1.23 bits per heavy atom. The number of ether oxygens (including phenoxy) is 1. The first kappa shape index (κ1) is 29.7. The molecule has 13 heteroatoms. The average molecular weight is 664 g/mol. The number of benzene rings is 2. The predicted molar refractivity (Wildman–Crippen MR) is 160 cm³/mol. The van der Waals surface area contributed by atoms with Crippen LogP contribution in [-0.2, 0) is 11.3 Å². The maximum absolute atomic E-state index is 15.5. The Kier molecular flexibility index (Phi) is 8.08. The van der Waals surface area contributed by atoms with Crippen molar-refractivity contribution in [2.75, 3.05) is 12.3 Å². The van der Waals surface area contributed by atoms with E-state index in [1.54, 1.807) is 9.58 Å². The third-order valence-corrected chi connectivity index (χ3v) is 11.6. The van der Waals surface area contributed by atoms with E-state index < -0.39 is 17.5 Å². The van der Waals surface area contributed by atoms with Gasteiger partial charge in [-0.15, -0.1) is 0 Å². The minimum absolute atomic E-state index is 0.0421. The summed E-state index contributed by atoms with van der Waals surface area (Å²) in [7, 11) is 0. The van der Waals surface area contributed by atoms with Crippen LogP contribution in [0.1, 0.15) is 32.6 Å². The molecule has 44 heavy (non-hydrogen) atoms. The van der Waals surface area contributed by atoms with Crippen LogP contribution in [0.15, 0.2) is 54.4 Å². The quantitative estimate of drug-likeness (QED) is 0.142. The Morgan fingerprint density at radius 3 is 2.77 bits per heavy atom. The summed E-state index contributed by atoms with van der Waals surface area (Å²) in [6.07, 6.45) is 6.76. The summed E-state index contributed by atoms with van der Waals surface area (Å²) in [6.45, 7) is 2.93. The summed E-state index contributed by atoms with van der Waals surface area (Å²) < 4.78 is 50.3. The molecule has 2 aromatic carbocycles. The van der Waals surface area contributed by atoms with Crippen molar-refractivity contribution in [2.24, 2.45) is 0 Å². The monoisotopic (exact) mass is 663 g/mol. The van der Waals surface area contributed by atoms with Gasteiger partial charge in [0.25, 0.3) is 0 Å². The Morgan fingerprint density at radius 2 is 2.05 bits per heavy atom. The van der Waals surface area contributed by atoms with Crippen molar-refractivity contribution in [1.82, 2.24) is 24.6 Å². The van der Waals surface area contributed by atoms with E-state index in [1.807, 2.05) is 6.08 Å². The number of likely N-dealkylation sites (tertiary alicyclic amines) is 1. The van der Waals surface area contributed by atoms with Crippen molar-refractivity contribution in [2.45, 2.75) is 54.6 Å². The second kappa shape index (κ2) is 12.0. The van der Waals surface area contributed by atoms with Gasteiger partial charge in [-0.2, -0.15) is 4.39 Å². The number of allylic oxidation sites excluding steroid dienone is 1. The molecule has 4 aromatic rings. The summed E-state index contributed by atoms with van der Waals surface area (Å²) in [5.74, 6) is -3.60. The van der Waals surface area contributed by atoms with E-state index in [2.05, 4.69) is 28.1 Å². The SMILES string of the molecule is CC[AsH]C1(C=C(C#N)C(=O)N2CCCC2Cn2nc(-c3ccc(Oc4cccc(F)c4F)cc3F)c3c(N)ncnc32)CC1. The van der Waals surface area contributed by atoms with E-state index in [4.69, 9.17) is 10.5 Å². The van der Waals surface area contributed by atoms with Crippen LogP contribution >= 0.6 is 0 Å². The van der Waals surface area contributed by atoms with Gasteiger partial charge in [-0.05, 0) is 18.2 Å². The first-order valence-electron chi connectivity index (χ1n) is 14.3. The Balaban J connectivity index is 1.30. The predicted octanol–water partition coefficient (Wildman–Crippen LogP) is 5.55. The summed E-state index contributed by atoms with van der Waals surface area (Å²) in [4.78, 5) is 23.7. The van der Waals surface area contributed by atoms with Crippen LogP contribution < -0.4 is 10.5 Å². The molecule has 2 aliphatic rings. The van der Waals surface area contributed by atoms with Crippen molar-refractivity contribution in [1.29, 1.82) is 5.26 Å². The summed E-state index contributed by atoms with van der Waals surface area (Å²) in [6, 6.07) is 9.23. The number of anilines is 1. The van der Waals surface area contributed by atoms with Crippen molar-refractivity contribution in [3.8, 4) is 28.8 Å². The van der Waals surface area contributed by atoms with Gasteiger partial charge in [-0.25, -0.2) is 8.78 Å². The zero-order valence-corrected chi connectivity index (χ0v) is 26.0. The van der Waals surface area contributed by atoms with Crippen LogP contribution in [0.5, 0.6) is 11.5 Å². The Hall–Kier alpha value is -4.36. The number of hydrogen-bond acceptors (Lipinski definition) is 7. The summed E-state index contributed by atoms with van der Waals surface area (Å²) >= 11 is -0.255. The number of nitrogens with two attached hydrogens (primary N) is 1. The molecule has 2 N–H and O–H groups in total. The van der Waals surface area contributed by atoms with Gasteiger partial charge in [0.1, 0.15) is 5.75 Å². The van der Waals surface area contributed by atoms with Crippen molar-refractivity contribution < 1.29 is 22.7 Å². The van der Waals surface area contributed by atoms with Crippen LogP contribution in [0, 0.1) is 28.8 Å². The van der Waals surface area contributed by atoms with Crippen LogP contribution in [0.2, 0.25) is 9.41 Å². The van der Waals surface area contributed by atoms with Crippen molar-refractivity contribution in [3.63, 3.8) is 0 Å². The number of fused-ring (bicyclic) bond motifs is 1. The van der Waals surface area contributed by atoms with Gasteiger partial charge in [-0.1, -0.05) is 6.07 Å². The molecular weight excluding hydrogens is 634 g/mol. The fourth-order valence-electron chi connectivity index (χ4n) is 5.71. The normalized spacial score (nSPS) is 17.8. The fraction of sp³-hybridized carbons (Fsp3) is 0.323. The number of amides is 1. The van der Waals surface area contributed by atoms with E-state index >= 15 is 4.39 Å². The second-order valence-electron chi connectivity index (χ2n) is 10.9. The molecule has 2 fully saturated rings. The van der Waals surface area contributed by atoms with Gasteiger partial charge in [0.15, 0.2) is 11.6 Å². The van der Waals surface area contributed by atoms with Crippen molar-refractivity contribution in [3.05, 3.63) is 71.8 Å². The van der Waals surface area contributed by atoms with Gasteiger partial charge in [0, 0.05) is 6.07 Å². The topological polar surface area (TPSA) is 123 Å². The number of halogens is 3. The Labute approximate surface area is 258 Å². The summed E-state index contributed by atoms with van der Waals surface area (Å²) in [5.41, 5.74) is 7.05. The molecule has 226 valence electrons. The molecule has 2 aromatic heterocycles. The molecule has 0 radical (unpaired) electrons. The number of hydrogen-bond donors (Lipinski definition) is 1. The zero-order chi connectivity index (χ0) is 31.0. The molecule has 1 saturated carbocycles. The van der Waals surface area contributed by atoms with Crippen molar-refractivity contribution >= 4 is 38.5 Å². The second-order valence-corrected chi connectivity index (χ2v) is 15.2. The molecule has 0 bridgehead atoms. The van der Waals surface area contributed by atoms with Gasteiger partial charge in [-0.3, -0.25) is 0 Å². The standard InChI is InChI=1S/C31H29AsF3N7O2/c1-2-32-31(10-11-31)14-18(15-36)30(43)41-12-4-5-19(41)16-42-29-25(28(37)38-17-39-29)27(40-42)21-9-8-20(13-23(21)34)44-24-7-3-6-22(33)26(24)35/h3,6-9,13-14,17,19,32H,2,4-5,10-12,16H2,1H3,(H2,37,38,39). The third kappa shape index (κ3) is 5.64. The molecule has 0 spiro atoms. The van der Waals surface area contributed by atoms with Gasteiger partial charge in [0.2, 0.25) is 5.82 Å². The molecule has 2 unspecified atom stereocenters.